The number of hydrogen-bond acceptors (Lipinski definition) is 8. The lowest BCUT2D eigenvalue weighted by Crippen LogP contribution is -2.45. The van der Waals surface area contributed by atoms with Gasteiger partial charge in [-0.3, -0.25) is 9.97 Å². The van der Waals surface area contributed by atoms with Crippen LogP contribution in [0.4, 0.5) is 11.4 Å². The SMILES string of the molecule is Cc1cc[n+]2c3c1c1nc4c5ccc[n+]6c5c5c(ccc[n+]5C6)c4nc1c1c(C)cc[n+](c13)C2.Cc1cc[n+]2c3c1c1nc4c5cccnc5c5ncccc5c4nc1c1c(C)cc[n+](c13)C2.Nc1c(N)c2ccccc2c2ccccc12. The van der Waals surface area contributed by atoms with Gasteiger partial charge in [-0.05, 0) is 97.1 Å². The molecule has 10 aromatic heterocycles. The van der Waals surface area contributed by atoms with Crippen molar-refractivity contribution in [2.24, 2.45) is 0 Å². The second kappa shape index (κ2) is 16.4. The van der Waals surface area contributed by atoms with E-state index in [-0.39, 0.29) is 0 Å². The van der Waals surface area contributed by atoms with Crippen LogP contribution in [0.15, 0.2) is 171 Å². The van der Waals surface area contributed by atoms with E-state index in [4.69, 9.17) is 31.4 Å². The topological polar surface area (TPSA) is 153 Å². The zero-order valence-corrected chi connectivity index (χ0v) is 45.8. The molecule has 17 aromatic rings. The lowest BCUT2D eigenvalue weighted by Gasteiger charge is -2.11. The first-order valence-corrected chi connectivity index (χ1v) is 28.1. The van der Waals surface area contributed by atoms with Crippen molar-refractivity contribution in [3.05, 3.63) is 193 Å². The van der Waals surface area contributed by atoms with Crippen molar-refractivity contribution in [1.82, 2.24) is 29.9 Å². The van der Waals surface area contributed by atoms with Crippen molar-refractivity contribution >= 4 is 164 Å². The van der Waals surface area contributed by atoms with E-state index < -0.39 is 0 Å². The van der Waals surface area contributed by atoms with Crippen LogP contribution in [0.2, 0.25) is 0 Å². The molecular formula is C69H50N14+6. The summed E-state index contributed by atoms with van der Waals surface area (Å²) in [5, 5.41) is 13.5. The zero-order chi connectivity index (χ0) is 55.3. The van der Waals surface area contributed by atoms with Gasteiger partial charge in [-0.15, -0.1) is 27.4 Å². The number of aryl methyl sites for hydroxylation is 4. The molecule has 4 N–H and O–H groups in total. The maximum atomic E-state index is 6.06. The molecule has 14 nitrogen and oxygen atoms in total. The lowest BCUT2D eigenvalue weighted by atomic mass is 9.99. The van der Waals surface area contributed by atoms with Crippen molar-refractivity contribution in [2.75, 3.05) is 11.5 Å². The van der Waals surface area contributed by atoms with Crippen LogP contribution in [-0.2, 0) is 20.0 Å². The first kappa shape index (κ1) is 45.9. The van der Waals surface area contributed by atoms with E-state index >= 15 is 0 Å². The summed E-state index contributed by atoms with van der Waals surface area (Å²) >= 11 is 0. The number of nitrogens with two attached hydrogens (primary N) is 2. The van der Waals surface area contributed by atoms with Gasteiger partial charge in [0.25, 0.3) is 33.1 Å². The molecule has 14 heteroatoms. The van der Waals surface area contributed by atoms with Crippen molar-refractivity contribution in [3.8, 4) is 0 Å². The second-order valence-corrected chi connectivity index (χ2v) is 22.6. The van der Waals surface area contributed by atoms with Gasteiger partial charge in [-0.2, -0.15) is 0 Å². The van der Waals surface area contributed by atoms with Crippen LogP contribution in [0.5, 0.6) is 0 Å². The maximum Gasteiger partial charge on any atom is 0.345 e. The number of rotatable bonds is 0. The van der Waals surface area contributed by atoms with Gasteiger partial charge in [0.1, 0.15) is 33.1 Å². The van der Waals surface area contributed by atoms with Crippen molar-refractivity contribution in [2.45, 2.75) is 47.7 Å². The Balaban J connectivity index is 0.000000101. The van der Waals surface area contributed by atoms with Gasteiger partial charge in [0.05, 0.1) is 65.8 Å². The summed E-state index contributed by atoms with van der Waals surface area (Å²) in [5.74, 6) is 0. The van der Waals surface area contributed by atoms with Crippen LogP contribution >= 0.6 is 0 Å². The van der Waals surface area contributed by atoms with E-state index in [0.717, 1.165) is 107 Å². The van der Waals surface area contributed by atoms with E-state index in [9.17, 15) is 0 Å². The standard InChI is InChI=1S/C28H20N6.C27H18N6.C14H12N2/c1-15-7-11-33-14-34-12-8-16(2)20-24-23(19(15)27(33)28(20)34)29-21-17-5-3-9-31-13-32-10-4-6-18(22(21)30-24)26(32)25(17)31;1-14-7-11-32-13-33-12-8-15(2)19-25-24(18(14)26(32)27(19)33)30-22-16-5-3-9-28-20(16)21-17(23(22)31-25)6-4-10-29-21;15-13-11-7-3-1-5-9(11)10-6-2-4-8-12(10)14(13)16/h3-12H,13-14H2,1-2H3;3-12H,13H2,1-2H3;1-8H,15-16H2/q+4;+2;. The normalized spacial score (nSPS) is 13.0. The molecule has 13 heterocycles. The first-order chi connectivity index (χ1) is 40.7. The number of pyridine rings is 8. The third kappa shape index (κ3) is 6.05. The highest BCUT2D eigenvalue weighted by molar-refractivity contribution is 6.28. The Kier molecular flexibility index (Phi) is 9.07. The average molecular weight is 1080 g/mol. The van der Waals surface area contributed by atoms with Crippen LogP contribution in [-0.4, -0.2) is 29.9 Å². The number of benzene rings is 7. The molecule has 0 aliphatic carbocycles. The van der Waals surface area contributed by atoms with Gasteiger partial charge in [-0.1, -0.05) is 48.5 Å². The molecule has 0 saturated carbocycles. The van der Waals surface area contributed by atoms with Crippen molar-refractivity contribution in [1.29, 1.82) is 0 Å². The van der Waals surface area contributed by atoms with E-state index in [2.05, 4.69) is 175 Å². The van der Waals surface area contributed by atoms with Gasteiger partial charge in [0.2, 0.25) is 0 Å². The van der Waals surface area contributed by atoms with Crippen molar-refractivity contribution in [3.63, 3.8) is 0 Å². The number of anilines is 2. The van der Waals surface area contributed by atoms with Gasteiger partial charge in [-0.25, -0.2) is 19.9 Å². The van der Waals surface area contributed by atoms with Gasteiger partial charge in [0, 0.05) is 70.3 Å². The minimum Gasteiger partial charge on any atom is -0.397 e. The molecule has 0 bridgehead atoms. The average Bonchev–Trinajstić information content (AvgIpc) is 2.16. The van der Waals surface area contributed by atoms with E-state index in [0.29, 0.717) is 11.4 Å². The molecule has 390 valence electrons. The van der Waals surface area contributed by atoms with Gasteiger partial charge >= 0.3 is 20.0 Å². The van der Waals surface area contributed by atoms with Crippen LogP contribution in [0.3, 0.4) is 0 Å². The molecule has 0 fully saturated rings. The summed E-state index contributed by atoms with van der Waals surface area (Å²) in [4.78, 5) is 30.9. The summed E-state index contributed by atoms with van der Waals surface area (Å²) < 4.78 is 14.0. The summed E-state index contributed by atoms with van der Waals surface area (Å²) in [6, 6.07) is 41.7. The van der Waals surface area contributed by atoms with E-state index in [1.54, 1.807) is 0 Å². The number of hydrogen-bond donors (Lipinski definition) is 2. The zero-order valence-electron chi connectivity index (χ0n) is 45.8. The highest BCUT2D eigenvalue weighted by Crippen LogP contribution is 2.41. The minimum atomic E-state index is 0.675. The highest BCUT2D eigenvalue weighted by Gasteiger charge is 2.39. The predicted molar refractivity (Wildman–Crippen MR) is 326 cm³/mol. The van der Waals surface area contributed by atoms with Crippen LogP contribution in [0, 0.1) is 27.7 Å². The summed E-state index contributed by atoms with van der Waals surface area (Å²) in [6.45, 7) is 11.2. The molecule has 0 amide bonds. The minimum absolute atomic E-state index is 0.675. The quantitative estimate of drug-likeness (QED) is 0.0501. The Morgan fingerprint density at radius 3 is 0.916 bits per heavy atom. The molecule has 7 aromatic carbocycles. The molecule has 20 rings (SSSR count). The first-order valence-electron chi connectivity index (χ1n) is 28.1. The molecule has 0 saturated heterocycles. The number of nitrogens with zero attached hydrogens (tertiary/aromatic N) is 12. The Hall–Kier alpha value is -10.9. The highest BCUT2D eigenvalue weighted by atomic mass is 15.2. The van der Waals surface area contributed by atoms with E-state index in [1.807, 2.05) is 60.9 Å². The second-order valence-electron chi connectivity index (χ2n) is 22.6. The maximum absolute atomic E-state index is 6.06. The lowest BCUT2D eigenvalue weighted by molar-refractivity contribution is -0.872. The number of nitrogen functional groups attached to an aromatic ring is 2. The van der Waals surface area contributed by atoms with E-state index in [1.165, 1.54) is 87.7 Å². The molecular weight excluding hydrogens is 1020 g/mol. The Morgan fingerprint density at radius 1 is 0.277 bits per heavy atom. The Bertz CT molecular complexity index is 5580. The monoisotopic (exact) mass is 1070 g/mol. The molecule has 83 heavy (non-hydrogen) atoms. The summed E-state index contributed by atoms with van der Waals surface area (Å²) in [7, 11) is 0. The Morgan fingerprint density at radius 2 is 0.566 bits per heavy atom. The molecule has 0 radical (unpaired) electrons. The van der Waals surface area contributed by atoms with Crippen LogP contribution in [0.25, 0.3) is 153 Å². The molecule has 3 aliphatic heterocycles. The molecule has 0 spiro atoms. The number of fused-ring (bicyclic) bond motifs is 18. The Labute approximate surface area is 471 Å². The summed E-state index contributed by atoms with van der Waals surface area (Å²) in [6.07, 6.45) is 16.7. The van der Waals surface area contributed by atoms with Crippen LogP contribution in [0.1, 0.15) is 22.3 Å². The fourth-order valence-corrected chi connectivity index (χ4v) is 14.3. The third-order valence-corrected chi connectivity index (χ3v) is 18.0. The molecule has 0 atom stereocenters. The summed E-state index contributed by atoms with van der Waals surface area (Å²) in [5.41, 5.74) is 35.2. The fraction of sp³-hybridized carbons (Fsp3) is 0.101. The smallest absolute Gasteiger partial charge is 0.345 e. The largest absolute Gasteiger partial charge is 0.397 e. The fourth-order valence-electron chi connectivity index (χ4n) is 14.3. The van der Waals surface area contributed by atoms with Gasteiger partial charge < -0.3 is 11.5 Å². The van der Waals surface area contributed by atoms with Gasteiger partial charge in [0.15, 0.2) is 37.2 Å². The van der Waals surface area contributed by atoms with Crippen LogP contribution < -0.4 is 38.9 Å². The predicted octanol–water partition coefficient (Wildman–Crippen LogP) is 10.2. The van der Waals surface area contributed by atoms with Crippen molar-refractivity contribution < 1.29 is 27.4 Å². The molecule has 3 aliphatic rings. The number of aromatic nitrogens is 12. The third-order valence-electron chi connectivity index (χ3n) is 18.0. The molecule has 0 unspecified atom stereocenters.